The summed E-state index contributed by atoms with van der Waals surface area (Å²) in [6, 6.07) is 0.812. The first-order chi connectivity index (χ1) is 3.67. The lowest BCUT2D eigenvalue weighted by atomic mass is 10.2. The standard InChI is InChI=1S/C6H12N2/c1-5-6(2)7(3)4-8(5)6/h5H,4H2,1-3H3/t5-,6+,8?/m0/s1. The molecule has 0 N–H and O–H groups in total. The van der Waals surface area contributed by atoms with Gasteiger partial charge < -0.3 is 0 Å². The average molecular weight is 112 g/mol. The second-order valence-electron chi connectivity index (χ2n) is 3.08. The van der Waals surface area contributed by atoms with Crippen LogP contribution in [0.5, 0.6) is 0 Å². The van der Waals surface area contributed by atoms with Gasteiger partial charge in [-0.05, 0) is 20.9 Å². The van der Waals surface area contributed by atoms with Crippen LogP contribution in [0.3, 0.4) is 0 Å². The molecule has 0 radical (unpaired) electrons. The van der Waals surface area contributed by atoms with Gasteiger partial charge in [0.1, 0.15) is 0 Å². The zero-order valence-electron chi connectivity index (χ0n) is 5.68. The lowest BCUT2D eigenvalue weighted by Gasteiger charge is -2.35. The third kappa shape index (κ3) is 0.250. The molecule has 0 amide bonds. The number of likely N-dealkylation sites (N-methyl/N-ethyl adjacent to an activating group) is 1. The molecule has 2 aliphatic heterocycles. The van der Waals surface area contributed by atoms with Crippen molar-refractivity contribution in [1.29, 1.82) is 0 Å². The van der Waals surface area contributed by atoms with Crippen LogP contribution in [0.4, 0.5) is 0 Å². The topological polar surface area (TPSA) is 6.25 Å². The Kier molecular flexibility index (Phi) is 0.570. The van der Waals surface area contributed by atoms with Crippen LogP contribution in [0.15, 0.2) is 0 Å². The SMILES string of the molecule is C[C@@H]1N2CN(C)[C@@]12C. The van der Waals surface area contributed by atoms with Crippen LogP contribution in [0.25, 0.3) is 0 Å². The van der Waals surface area contributed by atoms with E-state index in [9.17, 15) is 0 Å². The van der Waals surface area contributed by atoms with Gasteiger partial charge in [0.2, 0.25) is 0 Å². The Morgan fingerprint density at radius 1 is 1.62 bits per heavy atom. The molecule has 0 aromatic rings. The van der Waals surface area contributed by atoms with Gasteiger partial charge in [0.05, 0.1) is 12.3 Å². The summed E-state index contributed by atoms with van der Waals surface area (Å²) >= 11 is 0. The van der Waals surface area contributed by atoms with Gasteiger partial charge in [-0.1, -0.05) is 0 Å². The van der Waals surface area contributed by atoms with Gasteiger partial charge in [0.25, 0.3) is 0 Å². The number of nitrogens with zero attached hydrogens (tertiary/aromatic N) is 2. The second kappa shape index (κ2) is 0.957. The van der Waals surface area contributed by atoms with Gasteiger partial charge in [-0.25, -0.2) is 0 Å². The monoisotopic (exact) mass is 112 g/mol. The van der Waals surface area contributed by atoms with Gasteiger partial charge in [0.15, 0.2) is 0 Å². The lowest BCUT2D eigenvalue weighted by Crippen LogP contribution is -2.49. The highest BCUT2D eigenvalue weighted by atomic mass is 15.7. The van der Waals surface area contributed by atoms with Crippen molar-refractivity contribution in [3.05, 3.63) is 0 Å². The maximum Gasteiger partial charge on any atom is 0.0888 e. The van der Waals surface area contributed by atoms with Crippen LogP contribution in [0.2, 0.25) is 0 Å². The first-order valence-electron chi connectivity index (χ1n) is 3.15. The summed E-state index contributed by atoms with van der Waals surface area (Å²) in [5.74, 6) is 0. The van der Waals surface area contributed by atoms with Crippen molar-refractivity contribution in [2.75, 3.05) is 13.7 Å². The zero-order valence-corrected chi connectivity index (χ0v) is 5.68. The van der Waals surface area contributed by atoms with E-state index in [1.165, 1.54) is 6.67 Å². The molecule has 0 aromatic carbocycles. The summed E-state index contributed by atoms with van der Waals surface area (Å²) in [6.07, 6.45) is 0. The predicted molar refractivity (Wildman–Crippen MR) is 32.3 cm³/mol. The van der Waals surface area contributed by atoms with E-state index in [0.717, 1.165) is 6.04 Å². The van der Waals surface area contributed by atoms with Crippen LogP contribution in [0.1, 0.15) is 13.8 Å². The molecule has 2 rings (SSSR count). The second-order valence-corrected chi connectivity index (χ2v) is 3.08. The fraction of sp³-hybridized carbons (Fsp3) is 1.00. The summed E-state index contributed by atoms with van der Waals surface area (Å²) < 4.78 is 0. The Hall–Kier alpha value is -0.0800. The number of hydrogen-bond donors (Lipinski definition) is 0. The van der Waals surface area contributed by atoms with Gasteiger partial charge >= 0.3 is 0 Å². The molecule has 2 aliphatic rings. The Labute approximate surface area is 50.1 Å². The highest BCUT2D eigenvalue weighted by Gasteiger charge is 2.66. The summed E-state index contributed by atoms with van der Waals surface area (Å²) in [5.41, 5.74) is 0.472. The van der Waals surface area contributed by atoms with Crippen LogP contribution < -0.4 is 0 Å². The van der Waals surface area contributed by atoms with Crippen molar-refractivity contribution >= 4 is 0 Å². The molecular formula is C6H12N2. The number of hydrogen-bond acceptors (Lipinski definition) is 2. The van der Waals surface area contributed by atoms with E-state index in [1.54, 1.807) is 0 Å². The van der Waals surface area contributed by atoms with E-state index in [1.807, 2.05) is 0 Å². The first-order valence-corrected chi connectivity index (χ1v) is 3.15. The summed E-state index contributed by atoms with van der Waals surface area (Å²) in [6.45, 7) is 5.75. The molecule has 2 saturated heterocycles. The fourth-order valence-electron chi connectivity index (χ4n) is 1.72. The highest BCUT2D eigenvalue weighted by Crippen LogP contribution is 2.50. The van der Waals surface area contributed by atoms with E-state index in [4.69, 9.17) is 0 Å². The normalized spacial score (nSPS) is 61.9. The van der Waals surface area contributed by atoms with E-state index < -0.39 is 0 Å². The predicted octanol–water partition coefficient (Wildman–Crippen LogP) is 0.310. The summed E-state index contributed by atoms with van der Waals surface area (Å²) in [4.78, 5) is 4.87. The number of rotatable bonds is 0. The van der Waals surface area contributed by atoms with Crippen molar-refractivity contribution < 1.29 is 0 Å². The van der Waals surface area contributed by atoms with E-state index >= 15 is 0 Å². The molecule has 3 atom stereocenters. The first kappa shape index (κ1) is 4.77. The molecule has 0 saturated carbocycles. The maximum absolute atomic E-state index is 2.48. The van der Waals surface area contributed by atoms with E-state index in [-0.39, 0.29) is 0 Å². The molecule has 2 heterocycles. The average Bonchev–Trinajstić information content (AvgIpc) is 2.15. The zero-order chi connectivity index (χ0) is 5.94. The van der Waals surface area contributed by atoms with Crippen LogP contribution in [0, 0.1) is 0 Å². The summed E-state index contributed by atoms with van der Waals surface area (Å²) in [7, 11) is 2.18. The van der Waals surface area contributed by atoms with Crippen molar-refractivity contribution in [1.82, 2.24) is 9.80 Å². The number of fused-ring (bicyclic) bond motifs is 1. The molecule has 46 valence electrons. The van der Waals surface area contributed by atoms with Gasteiger partial charge in [-0.15, -0.1) is 0 Å². The van der Waals surface area contributed by atoms with Gasteiger partial charge in [-0.2, -0.15) is 0 Å². The summed E-state index contributed by atoms with van der Waals surface area (Å²) in [5, 5.41) is 0. The molecular weight excluding hydrogens is 100 g/mol. The Morgan fingerprint density at radius 2 is 2.25 bits per heavy atom. The molecule has 2 nitrogen and oxygen atoms in total. The molecule has 0 bridgehead atoms. The maximum atomic E-state index is 2.48. The molecule has 0 aromatic heterocycles. The van der Waals surface area contributed by atoms with E-state index in [0.29, 0.717) is 5.66 Å². The van der Waals surface area contributed by atoms with Crippen molar-refractivity contribution in [2.45, 2.75) is 25.6 Å². The van der Waals surface area contributed by atoms with Crippen LogP contribution >= 0.6 is 0 Å². The van der Waals surface area contributed by atoms with Gasteiger partial charge in [0, 0.05) is 6.04 Å². The third-order valence-corrected chi connectivity index (χ3v) is 2.91. The Morgan fingerprint density at radius 3 is 2.25 bits per heavy atom. The Balaban J connectivity index is 2.18. The lowest BCUT2D eigenvalue weighted by molar-refractivity contribution is 0.0308. The highest BCUT2D eigenvalue weighted by molar-refractivity contribution is 5.16. The molecule has 0 aliphatic carbocycles. The fourth-order valence-corrected chi connectivity index (χ4v) is 1.72. The molecule has 2 heteroatoms. The quantitative estimate of drug-likeness (QED) is 0.416. The van der Waals surface area contributed by atoms with E-state index in [2.05, 4.69) is 30.7 Å². The Bertz CT molecular complexity index is 119. The molecule has 1 unspecified atom stereocenters. The molecule has 0 spiro atoms. The van der Waals surface area contributed by atoms with Crippen LogP contribution in [-0.4, -0.2) is 35.2 Å². The minimum Gasteiger partial charge on any atom is -0.274 e. The smallest absolute Gasteiger partial charge is 0.0888 e. The van der Waals surface area contributed by atoms with Crippen molar-refractivity contribution in [3.63, 3.8) is 0 Å². The van der Waals surface area contributed by atoms with Crippen molar-refractivity contribution in [2.24, 2.45) is 0 Å². The van der Waals surface area contributed by atoms with Gasteiger partial charge in [-0.3, -0.25) is 9.80 Å². The minimum absolute atomic E-state index is 0.472. The minimum atomic E-state index is 0.472. The molecule has 2 fully saturated rings. The van der Waals surface area contributed by atoms with Crippen LogP contribution in [-0.2, 0) is 0 Å². The molecule has 8 heavy (non-hydrogen) atoms. The third-order valence-electron chi connectivity index (χ3n) is 2.91. The van der Waals surface area contributed by atoms with Crippen molar-refractivity contribution in [3.8, 4) is 0 Å². The largest absolute Gasteiger partial charge is 0.274 e.